The van der Waals surface area contributed by atoms with Crippen LogP contribution in [0.4, 0.5) is 13.2 Å². The summed E-state index contributed by atoms with van der Waals surface area (Å²) in [5.74, 6) is 0.287. The van der Waals surface area contributed by atoms with Crippen molar-refractivity contribution in [2.45, 2.75) is 25.1 Å². The summed E-state index contributed by atoms with van der Waals surface area (Å²) in [5.41, 5.74) is 0. The number of rotatable bonds is 6. The molecule has 1 atom stereocenters. The molecule has 0 bridgehead atoms. The molecule has 0 aliphatic carbocycles. The molecule has 8 heteroatoms. The van der Waals surface area contributed by atoms with Crippen LogP contribution in [-0.2, 0) is 14.6 Å². The van der Waals surface area contributed by atoms with Crippen LogP contribution in [0, 0.1) is 0 Å². The van der Waals surface area contributed by atoms with Gasteiger partial charge in [-0.05, 0) is 6.42 Å². The van der Waals surface area contributed by atoms with Crippen molar-refractivity contribution < 1.29 is 26.3 Å². The first-order valence-electron chi connectivity index (χ1n) is 5.37. The second kappa shape index (κ2) is 6.01. The van der Waals surface area contributed by atoms with E-state index in [9.17, 15) is 21.6 Å². The number of hydrogen-bond acceptors (Lipinski definition) is 4. The van der Waals surface area contributed by atoms with Gasteiger partial charge in [-0.2, -0.15) is 13.2 Å². The van der Waals surface area contributed by atoms with Crippen LogP contribution in [0.25, 0.3) is 0 Å². The Hall–Kier alpha value is -0.340. The summed E-state index contributed by atoms with van der Waals surface area (Å²) in [6.45, 7) is 0.179. The molecule has 1 rings (SSSR count). The highest BCUT2D eigenvalue weighted by Gasteiger charge is 2.27. The van der Waals surface area contributed by atoms with Gasteiger partial charge in [-0.3, -0.25) is 0 Å². The van der Waals surface area contributed by atoms with Crippen molar-refractivity contribution in [2.75, 3.05) is 31.3 Å². The highest BCUT2D eigenvalue weighted by atomic mass is 32.2. The number of ether oxygens (including phenoxy) is 1. The molecule has 1 N–H and O–H groups in total. The lowest BCUT2D eigenvalue weighted by atomic mass is 10.3. The van der Waals surface area contributed by atoms with Crippen LogP contribution in [0.2, 0.25) is 0 Å². The molecule has 0 aromatic heterocycles. The maximum Gasteiger partial charge on any atom is 0.391 e. The van der Waals surface area contributed by atoms with E-state index in [0.717, 1.165) is 0 Å². The highest BCUT2D eigenvalue weighted by molar-refractivity contribution is 7.91. The molecule has 1 aliphatic heterocycles. The normalized spacial score (nSPS) is 24.1. The zero-order valence-corrected chi connectivity index (χ0v) is 10.1. The quantitative estimate of drug-likeness (QED) is 0.726. The lowest BCUT2D eigenvalue weighted by molar-refractivity contribution is -0.145. The molecular formula is C9H16F3NO3S. The van der Waals surface area contributed by atoms with Crippen molar-refractivity contribution in [1.82, 2.24) is 5.32 Å². The number of sulfone groups is 1. The molecule has 1 unspecified atom stereocenters. The molecule has 0 saturated carbocycles. The summed E-state index contributed by atoms with van der Waals surface area (Å²) in [6.07, 6.45) is -4.58. The van der Waals surface area contributed by atoms with Gasteiger partial charge in [0.15, 0.2) is 9.84 Å². The molecule has 1 saturated heterocycles. The second-order valence-electron chi connectivity index (χ2n) is 4.03. The number of nitrogens with one attached hydrogen (secondary N) is 1. The van der Waals surface area contributed by atoms with Crippen LogP contribution >= 0.6 is 0 Å². The van der Waals surface area contributed by atoms with Gasteiger partial charge in [-0.1, -0.05) is 0 Å². The van der Waals surface area contributed by atoms with Gasteiger partial charge in [0, 0.05) is 12.6 Å². The zero-order valence-electron chi connectivity index (χ0n) is 9.29. The molecular weight excluding hydrogens is 259 g/mol. The second-order valence-corrected chi connectivity index (χ2v) is 6.26. The van der Waals surface area contributed by atoms with E-state index >= 15 is 0 Å². The Kier molecular flexibility index (Phi) is 5.21. The monoisotopic (exact) mass is 275 g/mol. The summed E-state index contributed by atoms with van der Waals surface area (Å²) in [6, 6.07) is -0.0915. The van der Waals surface area contributed by atoms with E-state index in [1.54, 1.807) is 0 Å². The van der Waals surface area contributed by atoms with Gasteiger partial charge in [-0.25, -0.2) is 8.42 Å². The maximum atomic E-state index is 11.7. The minimum atomic E-state index is -4.19. The van der Waals surface area contributed by atoms with Crippen LogP contribution in [-0.4, -0.2) is 51.9 Å². The molecule has 17 heavy (non-hydrogen) atoms. The fourth-order valence-corrected chi connectivity index (χ4v) is 3.29. The van der Waals surface area contributed by atoms with E-state index in [4.69, 9.17) is 4.74 Å². The first kappa shape index (κ1) is 14.7. The smallest absolute Gasteiger partial charge is 0.380 e. The van der Waals surface area contributed by atoms with E-state index in [1.807, 2.05) is 0 Å². The summed E-state index contributed by atoms with van der Waals surface area (Å²) in [5, 5.41) is 2.95. The summed E-state index contributed by atoms with van der Waals surface area (Å²) in [7, 11) is -2.91. The minimum Gasteiger partial charge on any atom is -0.380 e. The van der Waals surface area contributed by atoms with E-state index in [-0.39, 0.29) is 30.8 Å². The molecule has 0 spiro atoms. The average molecular weight is 275 g/mol. The van der Waals surface area contributed by atoms with Gasteiger partial charge in [0.2, 0.25) is 0 Å². The van der Waals surface area contributed by atoms with Crippen LogP contribution in [0.1, 0.15) is 12.8 Å². The summed E-state index contributed by atoms with van der Waals surface area (Å²) in [4.78, 5) is 0. The van der Waals surface area contributed by atoms with Crippen LogP contribution in [0.5, 0.6) is 0 Å². The predicted octanol–water partition coefficient (Wildman–Crippen LogP) is 0.732. The van der Waals surface area contributed by atoms with E-state index in [1.165, 1.54) is 0 Å². The van der Waals surface area contributed by atoms with E-state index in [0.29, 0.717) is 13.0 Å². The van der Waals surface area contributed by atoms with Gasteiger partial charge in [-0.15, -0.1) is 0 Å². The van der Waals surface area contributed by atoms with Gasteiger partial charge >= 0.3 is 6.18 Å². The first-order valence-corrected chi connectivity index (χ1v) is 7.19. The molecule has 0 aromatic rings. The zero-order chi connectivity index (χ0) is 12.9. The SMILES string of the molecule is O=S1(=O)CCC(NCCOCCC(F)(F)F)C1. The van der Waals surface area contributed by atoms with Crippen LogP contribution in [0.3, 0.4) is 0 Å². The Morgan fingerprint density at radius 2 is 2.00 bits per heavy atom. The lowest BCUT2D eigenvalue weighted by Crippen LogP contribution is -2.33. The third-order valence-electron chi connectivity index (χ3n) is 2.44. The van der Waals surface area contributed by atoms with E-state index in [2.05, 4.69) is 5.32 Å². The van der Waals surface area contributed by atoms with Crippen LogP contribution < -0.4 is 5.32 Å². The fourth-order valence-electron chi connectivity index (χ4n) is 1.58. The molecule has 0 aromatic carbocycles. The lowest BCUT2D eigenvalue weighted by Gasteiger charge is -2.11. The number of hydrogen-bond donors (Lipinski definition) is 1. The van der Waals surface area contributed by atoms with Gasteiger partial charge in [0.1, 0.15) is 0 Å². The first-order chi connectivity index (χ1) is 7.79. The van der Waals surface area contributed by atoms with E-state index < -0.39 is 22.4 Å². The summed E-state index contributed by atoms with van der Waals surface area (Å²) < 4.78 is 62.2. The Morgan fingerprint density at radius 1 is 1.29 bits per heavy atom. The predicted molar refractivity (Wildman–Crippen MR) is 56.6 cm³/mol. The Morgan fingerprint density at radius 3 is 2.53 bits per heavy atom. The third kappa shape index (κ3) is 6.85. The fraction of sp³-hybridized carbons (Fsp3) is 1.00. The van der Waals surface area contributed by atoms with Crippen molar-refractivity contribution >= 4 is 9.84 Å². The Balaban J connectivity index is 1.99. The molecule has 4 nitrogen and oxygen atoms in total. The minimum absolute atomic E-state index is 0.0915. The number of alkyl halides is 3. The third-order valence-corrected chi connectivity index (χ3v) is 4.21. The Labute approximate surface area is 98.4 Å². The van der Waals surface area contributed by atoms with Crippen molar-refractivity contribution in [2.24, 2.45) is 0 Å². The standard InChI is InChI=1S/C9H16F3NO3S/c10-9(11,12)2-4-16-5-3-13-8-1-6-17(14,15)7-8/h8,13H,1-7H2. The van der Waals surface area contributed by atoms with Crippen molar-refractivity contribution in [3.8, 4) is 0 Å². The molecule has 1 heterocycles. The molecule has 102 valence electrons. The van der Waals surface area contributed by atoms with Crippen molar-refractivity contribution in [3.05, 3.63) is 0 Å². The summed E-state index contributed by atoms with van der Waals surface area (Å²) >= 11 is 0. The topological polar surface area (TPSA) is 55.4 Å². The van der Waals surface area contributed by atoms with Crippen molar-refractivity contribution in [1.29, 1.82) is 0 Å². The highest BCUT2D eigenvalue weighted by Crippen LogP contribution is 2.18. The van der Waals surface area contributed by atoms with Gasteiger partial charge in [0.05, 0.1) is 31.1 Å². The molecule has 0 radical (unpaired) electrons. The Bertz CT molecular complexity index is 329. The van der Waals surface area contributed by atoms with Crippen molar-refractivity contribution in [3.63, 3.8) is 0 Å². The largest absolute Gasteiger partial charge is 0.391 e. The maximum absolute atomic E-state index is 11.7. The van der Waals surface area contributed by atoms with Gasteiger partial charge < -0.3 is 10.1 Å². The average Bonchev–Trinajstić information content (AvgIpc) is 2.50. The number of halogens is 3. The van der Waals surface area contributed by atoms with Gasteiger partial charge in [0.25, 0.3) is 0 Å². The molecule has 1 aliphatic rings. The molecule has 1 fully saturated rings. The van der Waals surface area contributed by atoms with Crippen LogP contribution in [0.15, 0.2) is 0 Å². The molecule has 0 amide bonds.